The van der Waals surface area contributed by atoms with Crippen molar-refractivity contribution in [2.24, 2.45) is 0 Å². The molecule has 0 atom stereocenters. The van der Waals surface area contributed by atoms with Crippen LogP contribution in [0.1, 0.15) is 51.6 Å². The highest BCUT2D eigenvalue weighted by atomic mass is 32.1. The number of aromatic nitrogens is 3. The molecular weight excluding hydrogens is 292 g/mol. The molecule has 0 saturated carbocycles. The maximum Gasteiger partial charge on any atom is 0.269 e. The molecule has 2 aromatic rings. The summed E-state index contributed by atoms with van der Waals surface area (Å²) < 4.78 is 0. The standard InChI is InChI=1S/C13H18N4OS2/c1-4-5-6-7-10-16-17-13(20-10)15-12(18)11-8(2)14-9(3)19-11/h4-7H2,1-3H3,(H,15,17,18). The van der Waals surface area contributed by atoms with Crippen molar-refractivity contribution in [2.45, 2.75) is 46.5 Å². The third-order valence-electron chi connectivity index (χ3n) is 2.79. The Morgan fingerprint density at radius 3 is 2.65 bits per heavy atom. The Morgan fingerprint density at radius 1 is 1.20 bits per heavy atom. The Kier molecular flexibility index (Phi) is 5.19. The first-order chi connectivity index (χ1) is 9.60. The minimum atomic E-state index is -0.149. The van der Waals surface area contributed by atoms with Crippen LogP contribution in [-0.4, -0.2) is 21.1 Å². The van der Waals surface area contributed by atoms with Crippen molar-refractivity contribution in [3.05, 3.63) is 20.6 Å². The van der Waals surface area contributed by atoms with Crippen LogP contribution >= 0.6 is 22.7 Å². The van der Waals surface area contributed by atoms with Gasteiger partial charge in [0.2, 0.25) is 5.13 Å². The predicted molar refractivity (Wildman–Crippen MR) is 82.7 cm³/mol. The van der Waals surface area contributed by atoms with Gasteiger partial charge in [-0.25, -0.2) is 4.98 Å². The average molecular weight is 310 g/mol. The number of carbonyl (C=O) groups excluding carboxylic acids is 1. The first kappa shape index (κ1) is 15.1. The fraction of sp³-hybridized carbons (Fsp3) is 0.538. The zero-order valence-corrected chi connectivity index (χ0v) is 13.5. The van der Waals surface area contributed by atoms with E-state index in [0.717, 1.165) is 28.6 Å². The number of aryl methyl sites for hydroxylation is 3. The summed E-state index contributed by atoms with van der Waals surface area (Å²) in [5.41, 5.74) is 0.762. The number of amides is 1. The molecule has 1 amide bonds. The molecule has 0 unspecified atom stereocenters. The van der Waals surface area contributed by atoms with E-state index in [1.54, 1.807) is 0 Å². The van der Waals surface area contributed by atoms with Crippen LogP contribution in [-0.2, 0) is 6.42 Å². The number of nitrogens with zero attached hydrogens (tertiary/aromatic N) is 3. The minimum Gasteiger partial charge on any atom is -0.296 e. The van der Waals surface area contributed by atoms with Crippen LogP contribution < -0.4 is 5.32 Å². The lowest BCUT2D eigenvalue weighted by atomic mass is 10.2. The first-order valence-corrected chi connectivity index (χ1v) is 8.31. The third-order valence-corrected chi connectivity index (χ3v) is 4.76. The molecule has 2 aromatic heterocycles. The van der Waals surface area contributed by atoms with E-state index >= 15 is 0 Å². The molecule has 0 aliphatic rings. The number of carbonyl (C=O) groups is 1. The zero-order chi connectivity index (χ0) is 14.5. The molecule has 0 bridgehead atoms. The van der Waals surface area contributed by atoms with Gasteiger partial charge < -0.3 is 0 Å². The van der Waals surface area contributed by atoms with E-state index in [1.807, 2.05) is 13.8 Å². The topological polar surface area (TPSA) is 67.8 Å². The van der Waals surface area contributed by atoms with Crippen molar-refractivity contribution in [1.29, 1.82) is 0 Å². The van der Waals surface area contributed by atoms with Crippen molar-refractivity contribution in [1.82, 2.24) is 15.2 Å². The predicted octanol–water partition coefficient (Wildman–Crippen LogP) is 3.60. The Labute approximate surface area is 126 Å². The third kappa shape index (κ3) is 3.83. The number of anilines is 1. The normalized spacial score (nSPS) is 10.8. The maximum absolute atomic E-state index is 12.1. The molecule has 1 N–H and O–H groups in total. The van der Waals surface area contributed by atoms with E-state index in [9.17, 15) is 4.79 Å². The van der Waals surface area contributed by atoms with E-state index in [0.29, 0.717) is 10.0 Å². The van der Waals surface area contributed by atoms with Gasteiger partial charge in [0.25, 0.3) is 5.91 Å². The summed E-state index contributed by atoms with van der Waals surface area (Å²) in [7, 11) is 0. The number of hydrogen-bond donors (Lipinski definition) is 1. The second-order valence-electron chi connectivity index (χ2n) is 4.56. The van der Waals surface area contributed by atoms with Gasteiger partial charge in [-0.1, -0.05) is 31.1 Å². The van der Waals surface area contributed by atoms with E-state index < -0.39 is 0 Å². The second-order valence-corrected chi connectivity index (χ2v) is 6.82. The van der Waals surface area contributed by atoms with Crippen molar-refractivity contribution in [2.75, 3.05) is 5.32 Å². The Morgan fingerprint density at radius 2 is 2.00 bits per heavy atom. The molecule has 7 heteroatoms. The molecule has 108 valence electrons. The molecule has 0 spiro atoms. The minimum absolute atomic E-state index is 0.149. The average Bonchev–Trinajstić information content (AvgIpc) is 2.96. The lowest BCUT2D eigenvalue weighted by Crippen LogP contribution is -2.11. The molecule has 2 heterocycles. The van der Waals surface area contributed by atoms with Crippen LogP contribution in [0.25, 0.3) is 0 Å². The van der Waals surface area contributed by atoms with Gasteiger partial charge in [-0.05, 0) is 20.3 Å². The molecule has 0 aliphatic heterocycles. The van der Waals surface area contributed by atoms with Gasteiger partial charge in [-0.3, -0.25) is 10.1 Å². The molecule has 0 saturated heterocycles. The van der Waals surface area contributed by atoms with Crippen LogP contribution in [0.15, 0.2) is 0 Å². The van der Waals surface area contributed by atoms with Crippen molar-refractivity contribution >= 4 is 33.7 Å². The summed E-state index contributed by atoms with van der Waals surface area (Å²) >= 11 is 2.85. The van der Waals surface area contributed by atoms with Crippen LogP contribution in [0.3, 0.4) is 0 Å². The highest BCUT2D eigenvalue weighted by Crippen LogP contribution is 2.21. The lowest BCUT2D eigenvalue weighted by molar-refractivity contribution is 0.102. The molecule has 5 nitrogen and oxygen atoms in total. The molecule has 0 aromatic carbocycles. The number of hydrogen-bond acceptors (Lipinski definition) is 6. The molecule has 20 heavy (non-hydrogen) atoms. The van der Waals surface area contributed by atoms with Crippen LogP contribution in [0.2, 0.25) is 0 Å². The van der Waals surface area contributed by atoms with Crippen molar-refractivity contribution in [3.63, 3.8) is 0 Å². The second kappa shape index (κ2) is 6.90. The summed E-state index contributed by atoms with van der Waals surface area (Å²) in [5, 5.41) is 13.4. The van der Waals surface area contributed by atoms with Gasteiger partial charge >= 0.3 is 0 Å². The number of thiazole rings is 1. The molecule has 2 rings (SSSR count). The van der Waals surface area contributed by atoms with Crippen LogP contribution in [0, 0.1) is 13.8 Å². The van der Waals surface area contributed by atoms with E-state index in [4.69, 9.17) is 0 Å². The lowest BCUT2D eigenvalue weighted by Gasteiger charge is -1.98. The fourth-order valence-electron chi connectivity index (χ4n) is 1.83. The van der Waals surface area contributed by atoms with Gasteiger partial charge in [0, 0.05) is 6.42 Å². The van der Waals surface area contributed by atoms with Gasteiger partial charge in [0.05, 0.1) is 10.7 Å². The van der Waals surface area contributed by atoms with Crippen molar-refractivity contribution in [3.8, 4) is 0 Å². The Bertz CT molecular complexity index is 591. The molecular formula is C13H18N4OS2. The van der Waals surface area contributed by atoms with Crippen molar-refractivity contribution < 1.29 is 4.79 Å². The smallest absolute Gasteiger partial charge is 0.269 e. The SMILES string of the molecule is CCCCCc1nnc(NC(=O)c2sc(C)nc2C)s1. The van der Waals surface area contributed by atoms with Crippen LogP contribution in [0.5, 0.6) is 0 Å². The summed E-state index contributed by atoms with van der Waals surface area (Å²) in [4.78, 5) is 17.0. The summed E-state index contributed by atoms with van der Waals surface area (Å²) in [6, 6.07) is 0. The van der Waals surface area contributed by atoms with E-state index in [2.05, 4.69) is 27.4 Å². The van der Waals surface area contributed by atoms with Gasteiger partial charge in [0.15, 0.2) is 0 Å². The summed E-state index contributed by atoms with van der Waals surface area (Å²) in [6.45, 7) is 5.91. The number of nitrogens with one attached hydrogen (secondary N) is 1. The summed E-state index contributed by atoms with van der Waals surface area (Å²) in [6.07, 6.45) is 4.43. The number of unbranched alkanes of at least 4 members (excludes halogenated alkanes) is 2. The quantitative estimate of drug-likeness (QED) is 0.828. The fourth-order valence-corrected chi connectivity index (χ4v) is 3.42. The Balaban J connectivity index is 1.96. The maximum atomic E-state index is 12.1. The first-order valence-electron chi connectivity index (χ1n) is 6.68. The van der Waals surface area contributed by atoms with Crippen LogP contribution in [0.4, 0.5) is 5.13 Å². The molecule has 0 fully saturated rings. The zero-order valence-electron chi connectivity index (χ0n) is 11.9. The molecule has 0 radical (unpaired) electrons. The highest BCUT2D eigenvalue weighted by Gasteiger charge is 2.15. The van der Waals surface area contributed by atoms with E-state index in [1.165, 1.54) is 35.5 Å². The monoisotopic (exact) mass is 310 g/mol. The molecule has 0 aliphatic carbocycles. The Hall–Kier alpha value is -1.34. The van der Waals surface area contributed by atoms with Gasteiger partial charge in [-0.15, -0.1) is 21.5 Å². The highest BCUT2D eigenvalue weighted by molar-refractivity contribution is 7.16. The number of rotatable bonds is 6. The van der Waals surface area contributed by atoms with Gasteiger partial charge in [0.1, 0.15) is 9.88 Å². The largest absolute Gasteiger partial charge is 0.296 e. The van der Waals surface area contributed by atoms with Gasteiger partial charge in [-0.2, -0.15) is 0 Å². The summed E-state index contributed by atoms with van der Waals surface area (Å²) in [5.74, 6) is -0.149. The van der Waals surface area contributed by atoms with E-state index in [-0.39, 0.29) is 5.91 Å².